The van der Waals surface area contributed by atoms with Crippen LogP contribution in [0.1, 0.15) is 49.2 Å². The lowest BCUT2D eigenvalue weighted by molar-refractivity contribution is -0.118. The highest BCUT2D eigenvalue weighted by Gasteiger charge is 2.26. The molecular weight excluding hydrogens is 364 g/mol. The molecule has 1 saturated heterocycles. The number of nitrogens with zero attached hydrogens (tertiary/aromatic N) is 1. The molecule has 0 aliphatic carbocycles. The summed E-state index contributed by atoms with van der Waals surface area (Å²) in [6.45, 7) is 7.29. The number of thiophene rings is 1. The van der Waals surface area contributed by atoms with Crippen molar-refractivity contribution in [3.05, 3.63) is 28.8 Å². The average Bonchev–Trinajstić information content (AvgIpc) is 3.23. The number of likely N-dealkylation sites (tertiary alicyclic amines) is 1. The van der Waals surface area contributed by atoms with Crippen LogP contribution >= 0.6 is 11.3 Å². The third-order valence-corrected chi connectivity index (χ3v) is 5.71. The predicted octanol–water partition coefficient (Wildman–Crippen LogP) is 4.31. The average molecular weight is 391 g/mol. The second-order valence-electron chi connectivity index (χ2n) is 6.85. The molecule has 1 aliphatic rings. The van der Waals surface area contributed by atoms with Gasteiger partial charge in [-0.15, -0.1) is 11.3 Å². The first-order valence-corrected chi connectivity index (χ1v) is 10.3. The van der Waals surface area contributed by atoms with E-state index in [-0.39, 0.29) is 12.5 Å². The van der Waals surface area contributed by atoms with Crippen LogP contribution in [0.3, 0.4) is 0 Å². The van der Waals surface area contributed by atoms with Gasteiger partial charge in [-0.1, -0.05) is 6.42 Å². The summed E-state index contributed by atoms with van der Waals surface area (Å²) in [5.41, 5.74) is 1.00. The van der Waals surface area contributed by atoms with Crippen molar-refractivity contribution in [3.8, 4) is 11.3 Å². The Hall–Kier alpha value is -2.12. The number of carbonyl (C=O) groups excluding carboxylic acids is 2. The van der Waals surface area contributed by atoms with E-state index < -0.39 is 5.97 Å². The van der Waals surface area contributed by atoms with Crippen LogP contribution in [0.4, 0.5) is 5.00 Å². The highest BCUT2D eigenvalue weighted by atomic mass is 32.1. The molecule has 146 valence electrons. The van der Waals surface area contributed by atoms with E-state index in [4.69, 9.17) is 9.15 Å². The Morgan fingerprint density at radius 1 is 1.37 bits per heavy atom. The third-order valence-electron chi connectivity index (χ3n) is 4.82. The number of carbonyl (C=O) groups is 2. The van der Waals surface area contributed by atoms with E-state index in [1.165, 1.54) is 17.8 Å². The van der Waals surface area contributed by atoms with Crippen LogP contribution in [-0.2, 0) is 9.53 Å². The Bertz CT molecular complexity index is 811. The van der Waals surface area contributed by atoms with Crippen LogP contribution in [0.5, 0.6) is 0 Å². The first-order valence-electron chi connectivity index (χ1n) is 9.39. The van der Waals surface area contributed by atoms with E-state index in [0.29, 0.717) is 34.5 Å². The van der Waals surface area contributed by atoms with Gasteiger partial charge in [0.25, 0.3) is 0 Å². The van der Waals surface area contributed by atoms with Crippen LogP contribution in [0, 0.1) is 6.92 Å². The van der Waals surface area contributed by atoms with Gasteiger partial charge in [0.15, 0.2) is 0 Å². The summed E-state index contributed by atoms with van der Waals surface area (Å²) in [5.74, 6) is 0.787. The van der Waals surface area contributed by atoms with E-state index in [0.717, 1.165) is 25.1 Å². The molecule has 0 saturated carbocycles. The molecule has 0 bridgehead atoms. The molecule has 2 aromatic rings. The first-order chi connectivity index (χ1) is 13.0. The highest BCUT2D eigenvalue weighted by Crippen LogP contribution is 2.37. The molecular formula is C20H26N2O4S. The lowest BCUT2D eigenvalue weighted by Crippen LogP contribution is -2.42. The maximum absolute atomic E-state index is 12.6. The Morgan fingerprint density at radius 3 is 2.85 bits per heavy atom. The monoisotopic (exact) mass is 390 g/mol. The summed E-state index contributed by atoms with van der Waals surface area (Å²) >= 11 is 1.31. The van der Waals surface area contributed by atoms with Gasteiger partial charge in [-0.05, 0) is 52.3 Å². The summed E-state index contributed by atoms with van der Waals surface area (Å²) in [7, 11) is 0. The number of hydrogen-bond donors (Lipinski definition) is 1. The molecule has 0 radical (unpaired) electrons. The molecule has 0 aromatic carbocycles. The van der Waals surface area contributed by atoms with Gasteiger partial charge in [0.1, 0.15) is 22.1 Å². The molecule has 2 aromatic heterocycles. The summed E-state index contributed by atoms with van der Waals surface area (Å²) in [6, 6.07) is 4.07. The van der Waals surface area contributed by atoms with E-state index in [2.05, 4.69) is 17.1 Å². The van der Waals surface area contributed by atoms with Crippen molar-refractivity contribution >= 4 is 28.2 Å². The van der Waals surface area contributed by atoms with Gasteiger partial charge in [0, 0.05) is 17.0 Å². The number of amides is 1. The lowest BCUT2D eigenvalue weighted by Gasteiger charge is -2.32. The second-order valence-corrected chi connectivity index (χ2v) is 7.73. The lowest BCUT2D eigenvalue weighted by atomic mass is 10.0. The molecule has 1 aliphatic heterocycles. The minimum atomic E-state index is -0.454. The van der Waals surface area contributed by atoms with Crippen LogP contribution < -0.4 is 5.32 Å². The van der Waals surface area contributed by atoms with Gasteiger partial charge in [0.2, 0.25) is 5.91 Å². The van der Waals surface area contributed by atoms with Crippen molar-refractivity contribution in [1.29, 1.82) is 0 Å². The number of aryl methyl sites for hydroxylation is 1. The van der Waals surface area contributed by atoms with E-state index in [9.17, 15) is 9.59 Å². The standard InChI is InChI=1S/C20H26N2O4S/c1-4-25-20(24)18-15(16-9-8-14(3)26-16)12-27-19(18)21-17(23)11-22-10-6-5-7-13(22)2/h8-9,12-13H,4-7,10-11H2,1-3H3,(H,21,23). The summed E-state index contributed by atoms with van der Waals surface area (Å²) in [5, 5.41) is 5.24. The van der Waals surface area contributed by atoms with Crippen molar-refractivity contribution in [2.45, 2.75) is 46.1 Å². The molecule has 1 unspecified atom stereocenters. The van der Waals surface area contributed by atoms with Crippen molar-refractivity contribution in [2.24, 2.45) is 0 Å². The molecule has 1 fully saturated rings. The van der Waals surface area contributed by atoms with Gasteiger partial charge < -0.3 is 14.5 Å². The zero-order valence-electron chi connectivity index (χ0n) is 16.0. The number of piperidine rings is 1. The number of anilines is 1. The van der Waals surface area contributed by atoms with Crippen LogP contribution in [0.2, 0.25) is 0 Å². The van der Waals surface area contributed by atoms with E-state index >= 15 is 0 Å². The quantitative estimate of drug-likeness (QED) is 0.744. The minimum absolute atomic E-state index is 0.113. The summed E-state index contributed by atoms with van der Waals surface area (Å²) in [6.07, 6.45) is 3.44. The van der Waals surface area contributed by atoms with Crippen LogP contribution in [0.25, 0.3) is 11.3 Å². The zero-order valence-corrected chi connectivity index (χ0v) is 16.9. The fourth-order valence-electron chi connectivity index (χ4n) is 3.36. The molecule has 27 heavy (non-hydrogen) atoms. The number of rotatable bonds is 6. The van der Waals surface area contributed by atoms with E-state index in [1.807, 2.05) is 24.4 Å². The molecule has 0 spiro atoms. The molecule has 1 atom stereocenters. The Balaban J connectivity index is 1.80. The topological polar surface area (TPSA) is 71.8 Å². The normalized spacial score (nSPS) is 17.7. The molecule has 1 N–H and O–H groups in total. The fourth-order valence-corrected chi connectivity index (χ4v) is 4.31. The smallest absolute Gasteiger partial charge is 0.341 e. The van der Waals surface area contributed by atoms with Gasteiger partial charge in [-0.3, -0.25) is 9.69 Å². The van der Waals surface area contributed by atoms with Crippen LogP contribution in [0.15, 0.2) is 21.9 Å². The number of ether oxygens (including phenoxy) is 1. The van der Waals surface area contributed by atoms with Crippen molar-refractivity contribution in [1.82, 2.24) is 4.90 Å². The van der Waals surface area contributed by atoms with Crippen molar-refractivity contribution in [2.75, 3.05) is 25.0 Å². The number of esters is 1. The van der Waals surface area contributed by atoms with Gasteiger partial charge in [-0.25, -0.2) is 4.79 Å². The maximum atomic E-state index is 12.6. The minimum Gasteiger partial charge on any atom is -0.462 e. The molecule has 3 rings (SSSR count). The molecule has 1 amide bonds. The summed E-state index contributed by atoms with van der Waals surface area (Å²) < 4.78 is 10.9. The molecule has 7 heteroatoms. The Kier molecular flexibility index (Phi) is 6.34. The van der Waals surface area contributed by atoms with Gasteiger partial charge in [0.05, 0.1) is 13.2 Å². The van der Waals surface area contributed by atoms with Gasteiger partial charge >= 0.3 is 5.97 Å². The SMILES string of the molecule is CCOC(=O)c1c(-c2ccc(C)o2)csc1NC(=O)CN1CCCCC1C. The zero-order chi connectivity index (χ0) is 19.4. The third kappa shape index (κ3) is 4.59. The van der Waals surface area contributed by atoms with E-state index in [1.54, 1.807) is 6.92 Å². The van der Waals surface area contributed by atoms with Gasteiger partial charge in [-0.2, -0.15) is 0 Å². The largest absolute Gasteiger partial charge is 0.462 e. The van der Waals surface area contributed by atoms with Crippen LogP contribution in [-0.4, -0.2) is 42.5 Å². The molecule has 3 heterocycles. The predicted molar refractivity (Wildman–Crippen MR) is 106 cm³/mol. The van der Waals surface area contributed by atoms with Crippen molar-refractivity contribution in [3.63, 3.8) is 0 Å². The van der Waals surface area contributed by atoms with Crippen molar-refractivity contribution < 1.29 is 18.7 Å². The fraction of sp³-hybridized carbons (Fsp3) is 0.500. The number of hydrogen-bond acceptors (Lipinski definition) is 6. The Morgan fingerprint density at radius 2 is 2.19 bits per heavy atom. The molecule has 6 nitrogen and oxygen atoms in total. The number of nitrogens with one attached hydrogen (secondary N) is 1. The maximum Gasteiger partial charge on any atom is 0.341 e. The Labute approximate surface area is 163 Å². The second kappa shape index (κ2) is 8.71. The number of furan rings is 1. The first kappa shape index (κ1) is 19.6. The summed E-state index contributed by atoms with van der Waals surface area (Å²) in [4.78, 5) is 27.3. The highest BCUT2D eigenvalue weighted by molar-refractivity contribution is 7.15.